The molecule has 170 valence electrons. The Morgan fingerprint density at radius 3 is 2.61 bits per heavy atom. The van der Waals surface area contributed by atoms with Crippen molar-refractivity contribution in [3.8, 4) is 0 Å². The van der Waals surface area contributed by atoms with E-state index < -0.39 is 0 Å². The maximum Gasteiger partial charge on any atom is 0.214 e. The van der Waals surface area contributed by atoms with E-state index in [1.165, 1.54) is 24.2 Å². The molecule has 1 fully saturated rings. The molecule has 0 amide bonds. The predicted molar refractivity (Wildman–Crippen MR) is 125 cm³/mol. The van der Waals surface area contributed by atoms with Crippen LogP contribution in [-0.4, -0.2) is 25.2 Å². The predicted octanol–water partition coefficient (Wildman–Crippen LogP) is 4.19. The number of nitrogens with one attached hydrogen (secondary N) is 1. The molecule has 1 N–H and O–H groups in total. The van der Waals surface area contributed by atoms with Crippen molar-refractivity contribution in [2.75, 3.05) is 0 Å². The van der Waals surface area contributed by atoms with Gasteiger partial charge in [-0.3, -0.25) is 4.98 Å². The van der Waals surface area contributed by atoms with Crippen molar-refractivity contribution in [2.24, 2.45) is 0 Å². The molecule has 0 saturated heterocycles. The fourth-order valence-electron chi connectivity index (χ4n) is 4.87. The van der Waals surface area contributed by atoms with Crippen molar-refractivity contribution in [2.45, 2.75) is 57.3 Å². The maximum atomic E-state index is 6.24. The minimum absolute atomic E-state index is 0.0931. The Morgan fingerprint density at radius 2 is 1.88 bits per heavy atom. The van der Waals surface area contributed by atoms with Crippen LogP contribution in [0.4, 0.5) is 0 Å². The lowest BCUT2D eigenvalue weighted by Crippen LogP contribution is -3.10. The van der Waals surface area contributed by atoms with Gasteiger partial charge in [0.2, 0.25) is 5.82 Å². The molecule has 0 aliphatic heterocycles. The van der Waals surface area contributed by atoms with Gasteiger partial charge in [0.05, 0.1) is 12.3 Å². The number of hydrogen-bond acceptors (Lipinski definition) is 5. The minimum Gasteiger partial charge on any atom is -0.463 e. The number of benzene rings is 1. The second-order valence-electron chi connectivity index (χ2n) is 8.71. The molecule has 33 heavy (non-hydrogen) atoms. The van der Waals surface area contributed by atoms with Gasteiger partial charge in [0.25, 0.3) is 0 Å². The average molecular weight is 464 g/mol. The van der Waals surface area contributed by atoms with E-state index in [9.17, 15) is 0 Å². The van der Waals surface area contributed by atoms with Gasteiger partial charge < -0.3 is 9.32 Å². The van der Waals surface area contributed by atoms with Crippen molar-refractivity contribution >= 4 is 11.6 Å². The van der Waals surface area contributed by atoms with E-state index in [1.54, 1.807) is 12.5 Å². The normalized spacial score (nSPS) is 16.5. The Balaban J connectivity index is 1.58. The van der Waals surface area contributed by atoms with Crippen LogP contribution >= 0.6 is 11.6 Å². The lowest BCUT2D eigenvalue weighted by molar-refractivity contribution is -0.954. The summed E-state index contributed by atoms with van der Waals surface area (Å²) in [7, 11) is 0. The van der Waals surface area contributed by atoms with Gasteiger partial charge in [-0.15, -0.1) is 5.10 Å². The summed E-state index contributed by atoms with van der Waals surface area (Å²) in [5.41, 5.74) is 2.27. The number of quaternary nitrogens is 1. The highest BCUT2D eigenvalue weighted by atomic mass is 35.5. The van der Waals surface area contributed by atoms with Gasteiger partial charge in [-0.25, -0.2) is 4.68 Å². The van der Waals surface area contributed by atoms with Crippen molar-refractivity contribution in [3.05, 3.63) is 94.9 Å². The molecule has 1 unspecified atom stereocenters. The maximum absolute atomic E-state index is 6.24. The van der Waals surface area contributed by atoms with Crippen LogP contribution in [0, 0.1) is 0 Å². The summed E-state index contributed by atoms with van der Waals surface area (Å²) in [6.07, 6.45) is 11.4. The highest BCUT2D eigenvalue weighted by molar-refractivity contribution is 6.30. The van der Waals surface area contributed by atoms with Gasteiger partial charge in [0.1, 0.15) is 13.1 Å². The number of tetrazole rings is 1. The summed E-state index contributed by atoms with van der Waals surface area (Å²) < 4.78 is 7.83. The first kappa shape index (κ1) is 21.8. The molecule has 0 spiro atoms. The van der Waals surface area contributed by atoms with Gasteiger partial charge in [-0.05, 0) is 53.6 Å². The molecule has 0 radical (unpaired) electrons. The summed E-state index contributed by atoms with van der Waals surface area (Å²) in [5, 5.41) is 13.9. The van der Waals surface area contributed by atoms with Crippen molar-refractivity contribution in [1.29, 1.82) is 0 Å². The number of hydrogen-bond donors (Lipinski definition) is 1. The quantitative estimate of drug-likeness (QED) is 0.424. The molecule has 3 heterocycles. The lowest BCUT2D eigenvalue weighted by Gasteiger charge is -2.30. The van der Waals surface area contributed by atoms with Crippen LogP contribution in [0.1, 0.15) is 66.9 Å². The topological polar surface area (TPSA) is 74.1 Å². The second kappa shape index (κ2) is 10.3. The summed E-state index contributed by atoms with van der Waals surface area (Å²) >= 11 is 6.24. The van der Waals surface area contributed by atoms with Gasteiger partial charge in [0.15, 0.2) is 11.8 Å². The monoisotopic (exact) mass is 463 g/mol. The van der Waals surface area contributed by atoms with Crippen LogP contribution in [0.5, 0.6) is 0 Å². The molecule has 1 aliphatic carbocycles. The van der Waals surface area contributed by atoms with Gasteiger partial charge in [-0.1, -0.05) is 49.1 Å². The number of pyridine rings is 1. The summed E-state index contributed by atoms with van der Waals surface area (Å²) in [4.78, 5) is 5.59. The zero-order chi connectivity index (χ0) is 22.5. The Hall–Kier alpha value is -3.03. The molecule has 7 nitrogen and oxygen atoms in total. The number of nitrogens with zero attached hydrogens (tertiary/aromatic N) is 5. The molecule has 1 aliphatic rings. The van der Waals surface area contributed by atoms with E-state index in [2.05, 4.69) is 43.4 Å². The Bertz CT molecular complexity index is 1120. The first-order valence-corrected chi connectivity index (χ1v) is 11.9. The number of aromatic nitrogens is 5. The number of rotatable bonds is 8. The van der Waals surface area contributed by atoms with Crippen LogP contribution in [0.3, 0.4) is 0 Å². The first-order chi connectivity index (χ1) is 16.3. The molecule has 2 atom stereocenters. The number of halogens is 1. The van der Waals surface area contributed by atoms with Crippen LogP contribution in [0.15, 0.2) is 71.6 Å². The van der Waals surface area contributed by atoms with Crippen LogP contribution in [0.25, 0.3) is 0 Å². The van der Waals surface area contributed by atoms with Crippen LogP contribution < -0.4 is 4.90 Å². The second-order valence-corrected chi connectivity index (χ2v) is 9.15. The molecular weight excluding hydrogens is 436 g/mol. The molecule has 4 aromatic rings. The third kappa shape index (κ3) is 5.15. The zero-order valence-corrected chi connectivity index (χ0v) is 19.2. The Morgan fingerprint density at radius 1 is 1.03 bits per heavy atom. The summed E-state index contributed by atoms with van der Waals surface area (Å²) in [6.45, 7) is 1.44. The fraction of sp³-hybridized carbons (Fsp3) is 0.360. The molecule has 0 bridgehead atoms. The molecule has 1 aromatic carbocycles. The smallest absolute Gasteiger partial charge is 0.214 e. The van der Waals surface area contributed by atoms with E-state index in [0.717, 1.165) is 42.1 Å². The van der Waals surface area contributed by atoms with Crippen molar-refractivity contribution < 1.29 is 9.32 Å². The molecular formula is C25H28ClN6O+. The van der Waals surface area contributed by atoms with E-state index in [0.29, 0.717) is 17.6 Å². The summed E-state index contributed by atoms with van der Waals surface area (Å²) in [5.74, 6) is 1.80. The van der Waals surface area contributed by atoms with E-state index in [1.807, 2.05) is 36.5 Å². The SMILES string of the molecule is Clc1ccc([C@H](c2nnnn2C2CCCCC2)[NH+](Cc2cccnc2)Cc2ccco2)cc1. The molecule has 3 aromatic heterocycles. The standard InChI is InChI=1S/C25H27ClN6O/c26-21-12-10-20(11-13-21)24(25-28-29-30-32(25)22-7-2-1-3-8-22)31(18-23-9-5-15-33-23)17-19-6-4-14-27-16-19/h4-6,9-16,22,24H,1-3,7-8,17-18H2/p+1/t24-/m1/s1. The van der Waals surface area contributed by atoms with Crippen molar-refractivity contribution in [1.82, 2.24) is 25.2 Å². The Labute approximate surface area is 198 Å². The molecule has 1 saturated carbocycles. The van der Waals surface area contributed by atoms with Crippen LogP contribution in [0.2, 0.25) is 5.02 Å². The summed E-state index contributed by atoms with van der Waals surface area (Å²) in [6, 6.07) is 16.3. The zero-order valence-electron chi connectivity index (χ0n) is 18.5. The first-order valence-electron chi connectivity index (χ1n) is 11.6. The molecule has 5 rings (SSSR count). The van der Waals surface area contributed by atoms with Gasteiger partial charge in [-0.2, -0.15) is 0 Å². The largest absolute Gasteiger partial charge is 0.463 e. The molecule has 8 heteroatoms. The van der Waals surface area contributed by atoms with E-state index >= 15 is 0 Å². The van der Waals surface area contributed by atoms with E-state index in [4.69, 9.17) is 16.0 Å². The third-order valence-corrected chi connectivity index (χ3v) is 6.70. The third-order valence-electron chi connectivity index (χ3n) is 6.44. The lowest BCUT2D eigenvalue weighted by atomic mass is 9.95. The fourth-order valence-corrected chi connectivity index (χ4v) is 4.99. The highest BCUT2D eigenvalue weighted by Gasteiger charge is 2.34. The average Bonchev–Trinajstić information content (AvgIpc) is 3.54. The van der Waals surface area contributed by atoms with E-state index in [-0.39, 0.29) is 6.04 Å². The Kier molecular flexibility index (Phi) is 6.79. The minimum atomic E-state index is -0.0931. The number of furan rings is 1. The van der Waals surface area contributed by atoms with Gasteiger partial charge >= 0.3 is 0 Å². The van der Waals surface area contributed by atoms with Crippen LogP contribution in [-0.2, 0) is 13.1 Å². The highest BCUT2D eigenvalue weighted by Crippen LogP contribution is 2.30. The van der Waals surface area contributed by atoms with Gasteiger partial charge in [0, 0.05) is 28.5 Å². The van der Waals surface area contributed by atoms with Crippen molar-refractivity contribution in [3.63, 3.8) is 0 Å².